The predicted molar refractivity (Wildman–Crippen MR) is 80.1 cm³/mol. The molecule has 0 bridgehead atoms. The summed E-state index contributed by atoms with van der Waals surface area (Å²) in [5.74, 6) is -0.109. The van der Waals surface area contributed by atoms with E-state index in [1.807, 2.05) is 11.0 Å². The van der Waals surface area contributed by atoms with Crippen molar-refractivity contribution in [3.63, 3.8) is 0 Å². The fraction of sp³-hybridized carbons (Fsp3) is 0.438. The number of anilines is 2. The zero-order chi connectivity index (χ0) is 14.8. The Morgan fingerprint density at radius 2 is 2.10 bits per heavy atom. The zero-order valence-electron chi connectivity index (χ0n) is 11.9. The Labute approximate surface area is 123 Å². The third kappa shape index (κ3) is 2.78. The average Bonchev–Trinajstić information content (AvgIpc) is 2.89. The van der Waals surface area contributed by atoms with Crippen LogP contribution in [-0.4, -0.2) is 38.8 Å². The molecule has 0 saturated carbocycles. The van der Waals surface area contributed by atoms with Crippen molar-refractivity contribution in [2.24, 2.45) is 5.92 Å². The smallest absolute Gasteiger partial charge is 0.227 e. The third-order valence-electron chi connectivity index (χ3n) is 4.08. The van der Waals surface area contributed by atoms with Gasteiger partial charge in [0.2, 0.25) is 5.91 Å². The highest BCUT2D eigenvalue weighted by molar-refractivity contribution is 5.96. The van der Waals surface area contributed by atoms with Crippen molar-refractivity contribution in [3.8, 4) is 0 Å². The van der Waals surface area contributed by atoms with E-state index in [2.05, 4.69) is 6.58 Å². The summed E-state index contributed by atoms with van der Waals surface area (Å²) in [6, 6.07) is 5.02. The number of nitrogens with zero attached hydrogens (tertiary/aromatic N) is 2. The molecule has 2 heterocycles. The van der Waals surface area contributed by atoms with Gasteiger partial charge in [-0.05, 0) is 18.2 Å². The minimum Gasteiger partial charge on any atom is -0.378 e. The Kier molecular flexibility index (Phi) is 3.92. The first-order chi connectivity index (χ1) is 10.2. The van der Waals surface area contributed by atoms with Gasteiger partial charge >= 0.3 is 0 Å². The van der Waals surface area contributed by atoms with Crippen LogP contribution in [0, 0.1) is 11.7 Å². The molecule has 2 aliphatic heterocycles. The zero-order valence-corrected chi connectivity index (χ0v) is 11.9. The molecule has 4 nitrogen and oxygen atoms in total. The van der Waals surface area contributed by atoms with Gasteiger partial charge in [-0.3, -0.25) is 4.79 Å². The maximum Gasteiger partial charge on any atom is 0.227 e. The van der Waals surface area contributed by atoms with Gasteiger partial charge < -0.3 is 14.5 Å². The number of carbonyl (C=O) groups is 1. The monoisotopic (exact) mass is 290 g/mol. The summed E-state index contributed by atoms with van der Waals surface area (Å²) in [6.45, 7) is 6.93. The molecule has 0 aliphatic carbocycles. The van der Waals surface area contributed by atoms with Gasteiger partial charge in [0.15, 0.2) is 0 Å². The standard InChI is InChI=1S/C16H19FN2O2/c1-2-12-9-16(20)19(11-12)13-3-4-15(14(17)10-13)18-5-7-21-8-6-18/h2-4,10,12H,1,5-9,11H2. The first-order valence-electron chi connectivity index (χ1n) is 7.24. The van der Waals surface area contributed by atoms with Gasteiger partial charge in [-0.15, -0.1) is 6.58 Å². The van der Waals surface area contributed by atoms with Gasteiger partial charge in [0.25, 0.3) is 0 Å². The van der Waals surface area contributed by atoms with E-state index in [0.29, 0.717) is 50.6 Å². The second kappa shape index (κ2) is 5.85. The molecule has 1 amide bonds. The van der Waals surface area contributed by atoms with Crippen molar-refractivity contribution in [3.05, 3.63) is 36.7 Å². The number of hydrogen-bond donors (Lipinski definition) is 0. The maximum atomic E-state index is 14.4. The maximum absolute atomic E-state index is 14.4. The number of hydrogen-bond acceptors (Lipinski definition) is 3. The van der Waals surface area contributed by atoms with E-state index >= 15 is 0 Å². The molecule has 1 aromatic rings. The molecule has 1 atom stereocenters. The Morgan fingerprint density at radius 3 is 2.71 bits per heavy atom. The van der Waals surface area contributed by atoms with Crippen LogP contribution < -0.4 is 9.80 Å². The lowest BCUT2D eigenvalue weighted by atomic mass is 10.1. The second-order valence-electron chi connectivity index (χ2n) is 5.44. The summed E-state index contributed by atoms with van der Waals surface area (Å²) in [7, 11) is 0. The van der Waals surface area contributed by atoms with Gasteiger partial charge in [-0.25, -0.2) is 4.39 Å². The fourth-order valence-electron chi connectivity index (χ4n) is 2.87. The SMILES string of the molecule is C=CC1CC(=O)N(c2ccc(N3CCOCC3)c(F)c2)C1. The Bertz CT molecular complexity index is 555. The summed E-state index contributed by atoms with van der Waals surface area (Å²) >= 11 is 0. The van der Waals surface area contributed by atoms with E-state index in [1.54, 1.807) is 17.0 Å². The summed E-state index contributed by atoms with van der Waals surface area (Å²) in [6.07, 6.45) is 2.24. The molecule has 3 rings (SSSR count). The van der Waals surface area contributed by atoms with Crippen LogP contribution in [-0.2, 0) is 9.53 Å². The van der Waals surface area contributed by atoms with Crippen LogP contribution in [0.25, 0.3) is 0 Å². The molecule has 0 aromatic heterocycles. The number of benzene rings is 1. The van der Waals surface area contributed by atoms with Crippen LogP contribution in [0.1, 0.15) is 6.42 Å². The Morgan fingerprint density at radius 1 is 1.33 bits per heavy atom. The van der Waals surface area contributed by atoms with Gasteiger partial charge in [0.1, 0.15) is 5.82 Å². The van der Waals surface area contributed by atoms with Crippen LogP contribution in [0.3, 0.4) is 0 Å². The van der Waals surface area contributed by atoms with Crippen molar-refractivity contribution < 1.29 is 13.9 Å². The van der Waals surface area contributed by atoms with E-state index in [-0.39, 0.29) is 17.6 Å². The van der Waals surface area contributed by atoms with Crippen LogP contribution in [0.4, 0.5) is 15.8 Å². The van der Waals surface area contributed by atoms with Crippen molar-refractivity contribution in [1.82, 2.24) is 0 Å². The summed E-state index contributed by atoms with van der Waals surface area (Å²) in [5, 5.41) is 0. The van der Waals surface area contributed by atoms with Crippen LogP contribution in [0.5, 0.6) is 0 Å². The second-order valence-corrected chi connectivity index (χ2v) is 5.44. The highest BCUT2D eigenvalue weighted by Crippen LogP contribution is 2.30. The first-order valence-corrected chi connectivity index (χ1v) is 7.24. The lowest BCUT2D eigenvalue weighted by molar-refractivity contribution is -0.117. The highest BCUT2D eigenvalue weighted by atomic mass is 19.1. The number of ether oxygens (including phenoxy) is 1. The van der Waals surface area contributed by atoms with Crippen molar-refractivity contribution in [2.75, 3.05) is 42.6 Å². The topological polar surface area (TPSA) is 32.8 Å². The van der Waals surface area contributed by atoms with Crippen molar-refractivity contribution in [2.45, 2.75) is 6.42 Å². The molecule has 0 radical (unpaired) electrons. The first kappa shape index (κ1) is 14.1. The molecule has 2 saturated heterocycles. The largest absolute Gasteiger partial charge is 0.378 e. The summed E-state index contributed by atoms with van der Waals surface area (Å²) in [4.78, 5) is 15.6. The van der Waals surface area contributed by atoms with Gasteiger partial charge in [-0.2, -0.15) is 0 Å². The molecule has 112 valence electrons. The third-order valence-corrected chi connectivity index (χ3v) is 4.08. The van der Waals surface area contributed by atoms with Crippen LogP contribution >= 0.6 is 0 Å². The molecule has 1 aromatic carbocycles. The molecule has 5 heteroatoms. The summed E-state index contributed by atoms with van der Waals surface area (Å²) < 4.78 is 19.6. The molecule has 0 N–H and O–H groups in total. The molecule has 2 aliphatic rings. The molecular weight excluding hydrogens is 271 g/mol. The fourth-order valence-corrected chi connectivity index (χ4v) is 2.87. The summed E-state index contributed by atoms with van der Waals surface area (Å²) in [5.41, 5.74) is 1.20. The van der Waals surface area contributed by atoms with E-state index in [4.69, 9.17) is 4.74 Å². The number of carbonyl (C=O) groups excluding carboxylic acids is 1. The quantitative estimate of drug-likeness (QED) is 0.800. The normalized spacial score (nSPS) is 22.7. The Balaban J connectivity index is 1.81. The van der Waals surface area contributed by atoms with Gasteiger partial charge in [-0.1, -0.05) is 6.08 Å². The molecule has 2 fully saturated rings. The number of rotatable bonds is 3. The minimum absolute atomic E-state index is 0.0263. The highest BCUT2D eigenvalue weighted by Gasteiger charge is 2.29. The lowest BCUT2D eigenvalue weighted by Crippen LogP contribution is -2.36. The molecular formula is C16H19FN2O2. The molecule has 1 unspecified atom stereocenters. The number of halogens is 1. The van der Waals surface area contributed by atoms with Crippen molar-refractivity contribution in [1.29, 1.82) is 0 Å². The minimum atomic E-state index is -0.288. The van der Waals surface area contributed by atoms with Gasteiger partial charge in [0.05, 0.1) is 18.9 Å². The van der Waals surface area contributed by atoms with Crippen molar-refractivity contribution >= 4 is 17.3 Å². The van der Waals surface area contributed by atoms with E-state index in [1.165, 1.54) is 6.07 Å². The Hall–Kier alpha value is -1.88. The lowest BCUT2D eigenvalue weighted by Gasteiger charge is -2.29. The van der Waals surface area contributed by atoms with E-state index in [9.17, 15) is 9.18 Å². The van der Waals surface area contributed by atoms with E-state index < -0.39 is 0 Å². The number of amides is 1. The van der Waals surface area contributed by atoms with E-state index in [0.717, 1.165) is 0 Å². The molecule has 0 spiro atoms. The van der Waals surface area contributed by atoms with Gasteiger partial charge in [0, 0.05) is 37.7 Å². The average molecular weight is 290 g/mol. The predicted octanol–water partition coefficient (Wildman–Crippen LogP) is 2.20. The number of morpholine rings is 1. The van der Waals surface area contributed by atoms with Crippen LogP contribution in [0.2, 0.25) is 0 Å². The molecule has 21 heavy (non-hydrogen) atoms. The van der Waals surface area contributed by atoms with Crippen LogP contribution in [0.15, 0.2) is 30.9 Å².